The Morgan fingerprint density at radius 2 is 2.00 bits per heavy atom. The fraction of sp³-hybridized carbons (Fsp3) is 0.133. The first-order chi connectivity index (χ1) is 9.61. The first-order valence-corrected chi connectivity index (χ1v) is 6.03. The first-order valence-electron chi connectivity index (χ1n) is 6.03. The summed E-state index contributed by atoms with van der Waals surface area (Å²) in [6.07, 6.45) is 1.53. The molecule has 0 aliphatic carbocycles. The second-order valence-electron chi connectivity index (χ2n) is 4.14. The van der Waals surface area contributed by atoms with Crippen LogP contribution in [0.3, 0.4) is 0 Å². The van der Waals surface area contributed by atoms with E-state index in [4.69, 9.17) is 4.74 Å². The molecule has 0 aliphatic heterocycles. The SMILES string of the molecule is COc1ccc(C(C)=O)c(NC(=O)c2ccccn2)c1. The van der Waals surface area contributed by atoms with E-state index < -0.39 is 0 Å². The zero-order chi connectivity index (χ0) is 14.5. The molecule has 0 saturated carbocycles. The normalized spacial score (nSPS) is 9.90. The molecule has 102 valence electrons. The number of benzene rings is 1. The Kier molecular flexibility index (Phi) is 4.10. The summed E-state index contributed by atoms with van der Waals surface area (Å²) < 4.78 is 5.10. The van der Waals surface area contributed by atoms with Gasteiger partial charge in [-0.2, -0.15) is 0 Å². The van der Waals surface area contributed by atoms with Gasteiger partial charge < -0.3 is 10.1 Å². The standard InChI is InChI=1S/C15H14N2O3/c1-10(18)12-7-6-11(20-2)9-14(12)17-15(19)13-5-3-4-8-16-13/h3-9H,1-2H3,(H,17,19). The average Bonchev–Trinajstić information content (AvgIpc) is 2.47. The van der Waals surface area contributed by atoms with Crippen molar-refractivity contribution in [2.75, 3.05) is 12.4 Å². The van der Waals surface area contributed by atoms with Gasteiger partial charge in [0.2, 0.25) is 0 Å². The Labute approximate surface area is 116 Å². The zero-order valence-electron chi connectivity index (χ0n) is 11.2. The summed E-state index contributed by atoms with van der Waals surface area (Å²) in [4.78, 5) is 27.6. The van der Waals surface area contributed by atoms with Crippen LogP contribution in [0.25, 0.3) is 0 Å². The summed E-state index contributed by atoms with van der Waals surface area (Å²) in [6.45, 7) is 1.44. The van der Waals surface area contributed by atoms with Crippen molar-refractivity contribution in [3.63, 3.8) is 0 Å². The Bertz CT molecular complexity index is 639. The fourth-order valence-corrected chi connectivity index (χ4v) is 1.74. The highest BCUT2D eigenvalue weighted by atomic mass is 16.5. The molecule has 0 fully saturated rings. The van der Waals surface area contributed by atoms with Gasteiger partial charge in [0.15, 0.2) is 5.78 Å². The van der Waals surface area contributed by atoms with Gasteiger partial charge >= 0.3 is 0 Å². The topological polar surface area (TPSA) is 68.3 Å². The molecular weight excluding hydrogens is 256 g/mol. The van der Waals surface area contributed by atoms with E-state index in [1.54, 1.807) is 36.4 Å². The summed E-state index contributed by atoms with van der Waals surface area (Å²) in [5, 5.41) is 2.68. The second kappa shape index (κ2) is 5.97. The van der Waals surface area contributed by atoms with Gasteiger partial charge in [-0.25, -0.2) is 0 Å². The Morgan fingerprint density at radius 1 is 1.20 bits per heavy atom. The average molecular weight is 270 g/mol. The van der Waals surface area contributed by atoms with Gasteiger partial charge in [0.05, 0.1) is 12.8 Å². The molecule has 0 spiro atoms. The van der Waals surface area contributed by atoms with Gasteiger partial charge in [-0.1, -0.05) is 6.07 Å². The molecule has 20 heavy (non-hydrogen) atoms. The lowest BCUT2D eigenvalue weighted by molar-refractivity contribution is 0.101. The lowest BCUT2D eigenvalue weighted by Gasteiger charge is -2.10. The molecule has 2 rings (SSSR count). The van der Waals surface area contributed by atoms with Crippen molar-refractivity contribution in [2.45, 2.75) is 6.92 Å². The van der Waals surface area contributed by atoms with Crippen molar-refractivity contribution in [3.05, 3.63) is 53.9 Å². The molecule has 1 aromatic carbocycles. The maximum absolute atomic E-state index is 12.1. The number of pyridine rings is 1. The minimum atomic E-state index is -0.374. The molecule has 0 unspecified atom stereocenters. The fourth-order valence-electron chi connectivity index (χ4n) is 1.74. The lowest BCUT2D eigenvalue weighted by atomic mass is 10.1. The van der Waals surface area contributed by atoms with Crippen LogP contribution < -0.4 is 10.1 Å². The monoisotopic (exact) mass is 270 g/mol. The number of anilines is 1. The summed E-state index contributed by atoms with van der Waals surface area (Å²) in [5.74, 6) is 0.0525. The van der Waals surface area contributed by atoms with Gasteiger partial charge in [0.1, 0.15) is 11.4 Å². The molecule has 0 aliphatic rings. The van der Waals surface area contributed by atoms with E-state index in [0.717, 1.165) is 0 Å². The van der Waals surface area contributed by atoms with Crippen molar-refractivity contribution in [1.29, 1.82) is 0 Å². The van der Waals surface area contributed by atoms with Crippen molar-refractivity contribution in [3.8, 4) is 5.75 Å². The molecule has 0 bridgehead atoms. The Balaban J connectivity index is 2.32. The molecule has 1 heterocycles. The van der Waals surface area contributed by atoms with Crippen LogP contribution in [-0.4, -0.2) is 23.8 Å². The van der Waals surface area contributed by atoms with E-state index >= 15 is 0 Å². The third kappa shape index (κ3) is 3.00. The van der Waals surface area contributed by atoms with Crippen LogP contribution in [0.15, 0.2) is 42.6 Å². The molecule has 1 N–H and O–H groups in total. The number of ketones is 1. The van der Waals surface area contributed by atoms with Gasteiger partial charge in [-0.05, 0) is 31.2 Å². The Hall–Kier alpha value is -2.69. The number of carbonyl (C=O) groups excluding carboxylic acids is 2. The Morgan fingerprint density at radius 3 is 2.60 bits per heavy atom. The van der Waals surface area contributed by atoms with E-state index in [-0.39, 0.29) is 17.4 Å². The summed E-state index contributed by atoms with van der Waals surface area (Å²) in [6, 6.07) is 9.95. The highest BCUT2D eigenvalue weighted by Gasteiger charge is 2.13. The maximum atomic E-state index is 12.1. The number of methoxy groups -OCH3 is 1. The number of hydrogen-bond acceptors (Lipinski definition) is 4. The van der Waals surface area contributed by atoms with E-state index in [2.05, 4.69) is 10.3 Å². The quantitative estimate of drug-likeness (QED) is 0.867. The second-order valence-corrected chi connectivity index (χ2v) is 4.14. The number of aromatic nitrogens is 1. The number of amides is 1. The predicted octanol–water partition coefficient (Wildman–Crippen LogP) is 2.55. The largest absolute Gasteiger partial charge is 0.497 e. The number of nitrogens with zero attached hydrogens (tertiary/aromatic N) is 1. The summed E-state index contributed by atoms with van der Waals surface area (Å²) >= 11 is 0. The van der Waals surface area contributed by atoms with Gasteiger partial charge in [-0.15, -0.1) is 0 Å². The van der Waals surface area contributed by atoms with Gasteiger partial charge in [0, 0.05) is 17.8 Å². The number of nitrogens with one attached hydrogen (secondary N) is 1. The van der Waals surface area contributed by atoms with Crippen molar-refractivity contribution >= 4 is 17.4 Å². The van der Waals surface area contributed by atoms with Crippen LogP contribution in [0.5, 0.6) is 5.75 Å². The van der Waals surface area contributed by atoms with Crippen molar-refractivity contribution in [1.82, 2.24) is 4.98 Å². The minimum absolute atomic E-state index is 0.135. The van der Waals surface area contributed by atoms with E-state index in [9.17, 15) is 9.59 Å². The molecular formula is C15H14N2O3. The number of ether oxygens (including phenoxy) is 1. The van der Waals surface area contributed by atoms with Gasteiger partial charge in [-0.3, -0.25) is 14.6 Å². The van der Waals surface area contributed by atoms with E-state index in [1.165, 1.54) is 20.2 Å². The van der Waals surface area contributed by atoms with E-state index in [1.807, 2.05) is 0 Å². The number of rotatable bonds is 4. The molecule has 0 atom stereocenters. The molecule has 2 aromatic rings. The molecule has 0 radical (unpaired) electrons. The number of Topliss-reactive ketones (excluding diaryl/α,β-unsaturated/α-hetero) is 1. The summed E-state index contributed by atoms with van der Waals surface area (Å²) in [5.41, 5.74) is 1.12. The van der Waals surface area contributed by atoms with E-state index in [0.29, 0.717) is 17.0 Å². The molecule has 5 heteroatoms. The summed E-state index contributed by atoms with van der Waals surface area (Å²) in [7, 11) is 1.52. The first kappa shape index (κ1) is 13.7. The maximum Gasteiger partial charge on any atom is 0.274 e. The third-order valence-electron chi connectivity index (χ3n) is 2.75. The molecule has 1 aromatic heterocycles. The van der Waals surface area contributed by atoms with Crippen molar-refractivity contribution in [2.24, 2.45) is 0 Å². The predicted molar refractivity (Wildman–Crippen MR) is 75.2 cm³/mol. The molecule has 1 amide bonds. The highest BCUT2D eigenvalue weighted by Crippen LogP contribution is 2.23. The number of carbonyl (C=O) groups is 2. The van der Waals surface area contributed by atoms with Crippen LogP contribution in [0.1, 0.15) is 27.8 Å². The third-order valence-corrected chi connectivity index (χ3v) is 2.75. The minimum Gasteiger partial charge on any atom is -0.497 e. The van der Waals surface area contributed by atoms with Crippen LogP contribution in [0.2, 0.25) is 0 Å². The van der Waals surface area contributed by atoms with Crippen LogP contribution >= 0.6 is 0 Å². The lowest BCUT2D eigenvalue weighted by Crippen LogP contribution is -2.15. The van der Waals surface area contributed by atoms with Crippen LogP contribution in [0.4, 0.5) is 5.69 Å². The smallest absolute Gasteiger partial charge is 0.274 e. The zero-order valence-corrected chi connectivity index (χ0v) is 11.2. The molecule has 0 saturated heterocycles. The van der Waals surface area contributed by atoms with Crippen LogP contribution in [0, 0.1) is 0 Å². The van der Waals surface area contributed by atoms with Crippen molar-refractivity contribution < 1.29 is 14.3 Å². The molecule has 5 nitrogen and oxygen atoms in total. The highest BCUT2D eigenvalue weighted by molar-refractivity contribution is 6.08. The number of hydrogen-bond donors (Lipinski definition) is 1. The van der Waals surface area contributed by atoms with Gasteiger partial charge in [0.25, 0.3) is 5.91 Å². The van der Waals surface area contributed by atoms with Crippen LogP contribution in [-0.2, 0) is 0 Å².